The van der Waals surface area contributed by atoms with E-state index in [-0.39, 0.29) is 24.3 Å². The smallest absolute Gasteiger partial charge is 0.323 e. The third kappa shape index (κ3) is 3.46. The first-order chi connectivity index (χ1) is 11.5. The summed E-state index contributed by atoms with van der Waals surface area (Å²) in [6, 6.07) is 1.59. The molecular weight excluding hydrogens is 316 g/mol. The number of ketones is 1. The number of carbonyl (C=O) groups is 3. The molecule has 0 spiro atoms. The Bertz CT molecular complexity index is 752. The van der Waals surface area contributed by atoms with Crippen molar-refractivity contribution in [3.63, 3.8) is 0 Å². The molecule has 1 saturated heterocycles. The van der Waals surface area contributed by atoms with Crippen LogP contribution in [-0.2, 0) is 11.3 Å². The number of hydrogen-bond acceptors (Lipinski definition) is 3. The van der Waals surface area contributed by atoms with Gasteiger partial charge < -0.3 is 5.32 Å². The van der Waals surface area contributed by atoms with Gasteiger partial charge in [-0.05, 0) is 69.2 Å². The summed E-state index contributed by atoms with van der Waals surface area (Å²) in [6.07, 6.45) is 0.596. The van der Waals surface area contributed by atoms with Gasteiger partial charge in [0, 0.05) is 5.56 Å². The molecule has 1 aliphatic heterocycles. The molecule has 0 aliphatic carbocycles. The van der Waals surface area contributed by atoms with E-state index in [1.165, 1.54) is 4.90 Å². The lowest BCUT2D eigenvalue weighted by Gasteiger charge is -2.24. The Labute approximate surface area is 149 Å². The summed E-state index contributed by atoms with van der Waals surface area (Å²) in [4.78, 5) is 38.5. The fraction of sp³-hybridized carbons (Fsp3) is 0.550. The van der Waals surface area contributed by atoms with Crippen molar-refractivity contribution in [1.29, 1.82) is 0 Å². The molecule has 1 atom stereocenters. The quantitative estimate of drug-likeness (QED) is 0.654. The molecule has 0 unspecified atom stereocenters. The number of carbonyl (C=O) groups excluding carboxylic acids is 3. The van der Waals surface area contributed by atoms with Crippen molar-refractivity contribution in [3.8, 4) is 0 Å². The Hall–Kier alpha value is -2.17. The molecule has 1 aliphatic rings. The second kappa shape index (κ2) is 6.62. The molecule has 25 heavy (non-hydrogen) atoms. The topological polar surface area (TPSA) is 66.5 Å². The molecule has 0 saturated carbocycles. The van der Waals surface area contributed by atoms with E-state index in [2.05, 4.69) is 5.32 Å². The van der Waals surface area contributed by atoms with E-state index in [0.717, 1.165) is 22.3 Å². The first-order valence-electron chi connectivity index (χ1n) is 8.72. The summed E-state index contributed by atoms with van der Waals surface area (Å²) >= 11 is 0. The van der Waals surface area contributed by atoms with E-state index in [4.69, 9.17) is 0 Å². The molecule has 1 N–H and O–H groups in total. The van der Waals surface area contributed by atoms with E-state index in [9.17, 15) is 14.4 Å². The number of amides is 3. The highest BCUT2D eigenvalue weighted by Crippen LogP contribution is 2.29. The number of Topliss-reactive ketones (excluding diaryl/α,β-unsaturated/α-hetero) is 1. The van der Waals surface area contributed by atoms with Gasteiger partial charge in [0.1, 0.15) is 5.54 Å². The van der Waals surface area contributed by atoms with E-state index in [0.29, 0.717) is 17.9 Å². The Kier molecular flexibility index (Phi) is 5.07. The summed E-state index contributed by atoms with van der Waals surface area (Å²) in [5, 5.41) is 2.84. The zero-order valence-corrected chi connectivity index (χ0v) is 16.2. The van der Waals surface area contributed by atoms with Gasteiger partial charge in [-0.3, -0.25) is 14.5 Å². The third-order valence-electron chi connectivity index (χ3n) is 4.96. The second-order valence-electron chi connectivity index (χ2n) is 7.80. The maximum atomic E-state index is 12.9. The predicted octanol–water partition coefficient (Wildman–Crippen LogP) is 3.67. The van der Waals surface area contributed by atoms with Crippen molar-refractivity contribution in [2.24, 2.45) is 5.92 Å². The molecule has 5 heteroatoms. The number of hydrogen-bond donors (Lipinski definition) is 1. The van der Waals surface area contributed by atoms with Crippen molar-refractivity contribution in [3.05, 3.63) is 33.9 Å². The molecule has 0 radical (unpaired) electrons. The number of nitrogens with one attached hydrogen (secondary N) is 1. The van der Waals surface area contributed by atoms with Gasteiger partial charge in [-0.1, -0.05) is 19.9 Å². The molecule has 0 bridgehead atoms. The maximum absolute atomic E-state index is 12.9. The summed E-state index contributed by atoms with van der Waals surface area (Å²) in [6.45, 7) is 13.3. The van der Waals surface area contributed by atoms with Gasteiger partial charge in [-0.15, -0.1) is 0 Å². The first kappa shape index (κ1) is 19.2. The highest BCUT2D eigenvalue weighted by Gasteiger charge is 2.47. The summed E-state index contributed by atoms with van der Waals surface area (Å²) in [5.74, 6) is 0.0920. The molecule has 1 aromatic carbocycles. The van der Waals surface area contributed by atoms with E-state index in [1.807, 2.05) is 40.7 Å². The monoisotopic (exact) mass is 344 g/mol. The van der Waals surface area contributed by atoms with Crippen LogP contribution >= 0.6 is 0 Å². The van der Waals surface area contributed by atoms with Crippen molar-refractivity contribution in [2.45, 2.75) is 67.0 Å². The highest BCUT2D eigenvalue weighted by molar-refractivity contribution is 6.06. The van der Waals surface area contributed by atoms with Crippen LogP contribution in [0.15, 0.2) is 6.07 Å². The van der Waals surface area contributed by atoms with Crippen molar-refractivity contribution in [2.75, 3.05) is 0 Å². The fourth-order valence-electron chi connectivity index (χ4n) is 4.02. The van der Waals surface area contributed by atoms with Crippen molar-refractivity contribution in [1.82, 2.24) is 10.2 Å². The summed E-state index contributed by atoms with van der Waals surface area (Å²) in [7, 11) is 0. The first-order valence-corrected chi connectivity index (χ1v) is 8.72. The molecule has 2 rings (SSSR count). The minimum Gasteiger partial charge on any atom is -0.323 e. The molecule has 1 aromatic rings. The van der Waals surface area contributed by atoms with Crippen LogP contribution in [-0.4, -0.2) is 28.2 Å². The van der Waals surface area contributed by atoms with Gasteiger partial charge >= 0.3 is 6.03 Å². The SMILES string of the molecule is CC(=O)c1c(C)cc(C)c(CN2C(=O)N[C@](C)(CC(C)C)C2=O)c1C. The molecule has 136 valence electrons. The van der Waals surface area contributed by atoms with Gasteiger partial charge in [0.15, 0.2) is 5.78 Å². The number of aryl methyl sites for hydroxylation is 2. The molecule has 5 nitrogen and oxygen atoms in total. The Balaban J connectivity index is 2.40. The Morgan fingerprint density at radius 3 is 2.32 bits per heavy atom. The molecule has 1 fully saturated rings. The number of benzene rings is 1. The largest absolute Gasteiger partial charge is 0.325 e. The third-order valence-corrected chi connectivity index (χ3v) is 4.96. The average molecular weight is 344 g/mol. The maximum Gasteiger partial charge on any atom is 0.325 e. The Morgan fingerprint density at radius 1 is 1.20 bits per heavy atom. The van der Waals surface area contributed by atoms with Gasteiger partial charge in [-0.25, -0.2) is 4.79 Å². The van der Waals surface area contributed by atoms with Crippen LogP contribution in [0.1, 0.15) is 66.7 Å². The molecule has 1 heterocycles. The van der Waals surface area contributed by atoms with Crippen LogP contribution < -0.4 is 5.32 Å². The van der Waals surface area contributed by atoms with Crippen LogP contribution in [0.4, 0.5) is 4.79 Å². The lowest BCUT2D eigenvalue weighted by molar-refractivity contribution is -0.131. The summed E-state index contributed by atoms with van der Waals surface area (Å²) < 4.78 is 0. The molecule has 3 amide bonds. The highest BCUT2D eigenvalue weighted by atomic mass is 16.2. The standard InChI is InChI=1S/C20H28N2O3/c1-11(2)9-20(7)18(24)22(19(25)21-20)10-16-12(3)8-13(4)17(14(16)5)15(6)23/h8,11H,9-10H2,1-7H3,(H,21,25)/t20-/m1/s1. The molecule has 0 aromatic heterocycles. The van der Waals surface area contributed by atoms with Crippen LogP contribution in [0.25, 0.3) is 0 Å². The van der Waals surface area contributed by atoms with E-state index in [1.54, 1.807) is 13.8 Å². The van der Waals surface area contributed by atoms with Crippen LogP contribution in [0.5, 0.6) is 0 Å². The second-order valence-corrected chi connectivity index (χ2v) is 7.80. The van der Waals surface area contributed by atoms with Crippen molar-refractivity contribution < 1.29 is 14.4 Å². The minimum absolute atomic E-state index is 0.00176. The normalized spacial score (nSPS) is 20.4. The van der Waals surface area contributed by atoms with E-state index < -0.39 is 5.54 Å². The van der Waals surface area contributed by atoms with Crippen LogP contribution in [0, 0.1) is 26.7 Å². The minimum atomic E-state index is -0.860. The zero-order chi connectivity index (χ0) is 19.1. The predicted molar refractivity (Wildman–Crippen MR) is 97.6 cm³/mol. The van der Waals surface area contributed by atoms with Gasteiger partial charge in [0.05, 0.1) is 6.54 Å². The molecular formula is C20H28N2O3. The zero-order valence-electron chi connectivity index (χ0n) is 16.2. The van der Waals surface area contributed by atoms with Crippen LogP contribution in [0.2, 0.25) is 0 Å². The van der Waals surface area contributed by atoms with Gasteiger partial charge in [-0.2, -0.15) is 0 Å². The number of urea groups is 1. The van der Waals surface area contributed by atoms with E-state index >= 15 is 0 Å². The van der Waals surface area contributed by atoms with Crippen molar-refractivity contribution >= 4 is 17.7 Å². The Morgan fingerprint density at radius 2 is 1.80 bits per heavy atom. The van der Waals surface area contributed by atoms with Gasteiger partial charge in [0.25, 0.3) is 5.91 Å². The fourth-order valence-corrected chi connectivity index (χ4v) is 4.02. The van der Waals surface area contributed by atoms with Gasteiger partial charge in [0.2, 0.25) is 0 Å². The lowest BCUT2D eigenvalue weighted by atomic mass is 9.89. The number of nitrogens with zero attached hydrogens (tertiary/aromatic N) is 1. The number of rotatable bonds is 5. The number of imide groups is 1. The lowest BCUT2D eigenvalue weighted by Crippen LogP contribution is -2.44. The summed E-state index contributed by atoms with van der Waals surface area (Å²) in [5.41, 5.74) is 3.45. The average Bonchev–Trinajstić information content (AvgIpc) is 2.63. The van der Waals surface area contributed by atoms with Crippen LogP contribution in [0.3, 0.4) is 0 Å².